The lowest BCUT2D eigenvalue weighted by Gasteiger charge is -2.15. The number of nitrogens with one attached hydrogen (secondary N) is 1. The molecule has 0 aliphatic heterocycles. The standard InChI is InChI=1S/C17H23F3N4O/c1-5-25-11(4)12(17(18,19)20)6-7-13(10(2)3)24-14-8-9-23-16(22)15(14)21/h6-9H,5,21H2,1-4H3,(H3,22,23,24)/b7-6-,12-11-. The third-order valence-electron chi connectivity index (χ3n) is 3.29. The molecule has 8 heteroatoms. The minimum Gasteiger partial charge on any atom is -0.498 e. The van der Waals surface area contributed by atoms with Gasteiger partial charge in [-0.1, -0.05) is 5.57 Å². The molecule has 0 aromatic carbocycles. The van der Waals surface area contributed by atoms with Gasteiger partial charge in [0.1, 0.15) is 11.6 Å². The summed E-state index contributed by atoms with van der Waals surface area (Å²) in [6.07, 6.45) is -0.763. The summed E-state index contributed by atoms with van der Waals surface area (Å²) >= 11 is 0. The molecule has 0 aliphatic rings. The second-order valence-electron chi connectivity index (χ2n) is 5.43. The molecule has 0 unspecified atom stereocenters. The predicted octanol–water partition coefficient (Wildman–Crippen LogP) is 4.38. The molecule has 0 spiro atoms. The Labute approximate surface area is 145 Å². The summed E-state index contributed by atoms with van der Waals surface area (Å²) in [5, 5.41) is 2.98. The molecular formula is C17H23F3N4O. The third kappa shape index (κ3) is 5.74. The van der Waals surface area contributed by atoms with Crippen molar-refractivity contribution < 1.29 is 17.9 Å². The van der Waals surface area contributed by atoms with E-state index in [9.17, 15) is 13.2 Å². The number of pyridine rings is 1. The van der Waals surface area contributed by atoms with Crippen molar-refractivity contribution in [3.8, 4) is 0 Å². The number of ether oxygens (including phenoxy) is 1. The van der Waals surface area contributed by atoms with Crippen LogP contribution >= 0.6 is 0 Å². The van der Waals surface area contributed by atoms with Gasteiger partial charge in [-0.05, 0) is 45.9 Å². The van der Waals surface area contributed by atoms with E-state index in [4.69, 9.17) is 16.2 Å². The first-order valence-corrected chi connectivity index (χ1v) is 7.61. The van der Waals surface area contributed by atoms with Crippen LogP contribution in [0, 0.1) is 0 Å². The molecule has 138 valence electrons. The lowest BCUT2D eigenvalue weighted by molar-refractivity contribution is -0.0915. The number of nitrogens with zero attached hydrogens (tertiary/aromatic N) is 1. The molecule has 0 bridgehead atoms. The van der Waals surface area contributed by atoms with Gasteiger partial charge < -0.3 is 21.5 Å². The Morgan fingerprint density at radius 2 is 1.88 bits per heavy atom. The van der Waals surface area contributed by atoms with E-state index in [0.29, 0.717) is 11.4 Å². The van der Waals surface area contributed by atoms with Crippen LogP contribution in [0.25, 0.3) is 0 Å². The second-order valence-corrected chi connectivity index (χ2v) is 5.43. The number of anilines is 3. The number of hydrogen-bond donors (Lipinski definition) is 3. The Bertz CT molecular complexity index is 702. The molecule has 1 rings (SSSR count). The minimum absolute atomic E-state index is 0.144. The van der Waals surface area contributed by atoms with Crippen molar-refractivity contribution in [3.63, 3.8) is 0 Å². The van der Waals surface area contributed by atoms with Gasteiger partial charge in [-0.3, -0.25) is 0 Å². The van der Waals surface area contributed by atoms with Crippen molar-refractivity contribution in [3.05, 3.63) is 47.0 Å². The summed E-state index contributed by atoms with van der Waals surface area (Å²) in [6.45, 7) is 6.59. The van der Waals surface area contributed by atoms with E-state index < -0.39 is 11.7 Å². The summed E-state index contributed by atoms with van der Waals surface area (Å²) in [4.78, 5) is 3.85. The van der Waals surface area contributed by atoms with Crippen LogP contribution in [0.3, 0.4) is 0 Å². The third-order valence-corrected chi connectivity index (χ3v) is 3.29. The lowest BCUT2D eigenvalue weighted by Crippen LogP contribution is -2.13. The van der Waals surface area contributed by atoms with Crippen molar-refractivity contribution in [1.82, 2.24) is 4.98 Å². The largest absolute Gasteiger partial charge is 0.498 e. The number of nitrogens with two attached hydrogens (primary N) is 2. The zero-order valence-corrected chi connectivity index (χ0v) is 14.7. The van der Waals surface area contributed by atoms with Gasteiger partial charge in [0.15, 0.2) is 0 Å². The SMILES string of the molecule is CCO/C(C)=C(/C=C\C(Nc1ccnc(N)c1N)=C(C)C)C(F)(F)F. The van der Waals surface area contributed by atoms with Crippen LogP contribution in [0.5, 0.6) is 0 Å². The fraction of sp³-hybridized carbons (Fsp3) is 0.353. The zero-order chi connectivity index (χ0) is 19.2. The maximum absolute atomic E-state index is 13.2. The highest BCUT2D eigenvalue weighted by molar-refractivity contribution is 5.77. The Kier molecular flexibility index (Phi) is 6.90. The summed E-state index contributed by atoms with van der Waals surface area (Å²) in [5.41, 5.74) is 12.6. The van der Waals surface area contributed by atoms with Crippen molar-refractivity contribution in [2.45, 2.75) is 33.9 Å². The second kappa shape index (κ2) is 8.46. The maximum Gasteiger partial charge on any atom is 0.419 e. The average molecular weight is 356 g/mol. The van der Waals surface area contributed by atoms with Crippen LogP contribution in [-0.4, -0.2) is 17.8 Å². The summed E-state index contributed by atoms with van der Waals surface area (Å²) in [7, 11) is 0. The monoisotopic (exact) mass is 356 g/mol. The minimum atomic E-state index is -4.53. The van der Waals surface area contributed by atoms with Crippen LogP contribution in [0.2, 0.25) is 0 Å². The van der Waals surface area contributed by atoms with E-state index >= 15 is 0 Å². The van der Waals surface area contributed by atoms with E-state index in [0.717, 1.165) is 11.6 Å². The van der Waals surface area contributed by atoms with E-state index in [2.05, 4.69) is 10.3 Å². The number of aromatic nitrogens is 1. The smallest absolute Gasteiger partial charge is 0.419 e. The van der Waals surface area contributed by atoms with Gasteiger partial charge in [0, 0.05) is 11.9 Å². The molecule has 1 aromatic rings. The highest BCUT2D eigenvalue weighted by Gasteiger charge is 2.34. The quantitative estimate of drug-likeness (QED) is 0.520. The van der Waals surface area contributed by atoms with Crippen molar-refractivity contribution in [2.24, 2.45) is 0 Å². The molecule has 5 nitrogen and oxygen atoms in total. The van der Waals surface area contributed by atoms with E-state index in [1.165, 1.54) is 19.2 Å². The maximum atomic E-state index is 13.2. The summed E-state index contributed by atoms with van der Waals surface area (Å²) in [5.74, 6) is -0.0443. The molecule has 0 saturated heterocycles. The first-order chi connectivity index (χ1) is 11.6. The average Bonchev–Trinajstić information content (AvgIpc) is 2.49. The normalized spacial score (nSPS) is 12.8. The fourth-order valence-corrected chi connectivity index (χ4v) is 1.95. The van der Waals surface area contributed by atoms with Gasteiger partial charge in [-0.25, -0.2) is 4.98 Å². The molecule has 0 fully saturated rings. The van der Waals surface area contributed by atoms with Gasteiger partial charge >= 0.3 is 6.18 Å². The number of alkyl halides is 3. The number of rotatable bonds is 6. The van der Waals surface area contributed by atoms with E-state index in [-0.39, 0.29) is 23.9 Å². The Morgan fingerprint density at radius 3 is 2.40 bits per heavy atom. The number of hydrogen-bond acceptors (Lipinski definition) is 5. The molecule has 0 aliphatic carbocycles. The fourth-order valence-electron chi connectivity index (χ4n) is 1.95. The Hall–Kier alpha value is -2.64. The molecule has 1 heterocycles. The topological polar surface area (TPSA) is 86.2 Å². The van der Waals surface area contributed by atoms with Gasteiger partial charge in [-0.2, -0.15) is 13.2 Å². The van der Waals surface area contributed by atoms with Crippen LogP contribution in [0.15, 0.2) is 47.0 Å². The van der Waals surface area contributed by atoms with Crippen molar-refractivity contribution >= 4 is 17.2 Å². The van der Waals surface area contributed by atoms with Crippen LogP contribution in [-0.2, 0) is 4.74 Å². The lowest BCUT2D eigenvalue weighted by atomic mass is 10.1. The molecular weight excluding hydrogens is 333 g/mol. The molecule has 1 aromatic heterocycles. The highest BCUT2D eigenvalue weighted by atomic mass is 19.4. The molecule has 25 heavy (non-hydrogen) atoms. The number of allylic oxidation sites excluding steroid dienone is 5. The highest BCUT2D eigenvalue weighted by Crippen LogP contribution is 2.31. The molecule has 5 N–H and O–H groups in total. The van der Waals surface area contributed by atoms with Crippen LogP contribution in [0.1, 0.15) is 27.7 Å². The van der Waals surface area contributed by atoms with Gasteiger partial charge in [-0.15, -0.1) is 0 Å². The number of nitrogen functional groups attached to an aromatic ring is 2. The summed E-state index contributed by atoms with van der Waals surface area (Å²) in [6, 6.07) is 1.59. The molecule has 0 atom stereocenters. The van der Waals surface area contributed by atoms with Gasteiger partial charge in [0.05, 0.1) is 23.6 Å². The molecule has 0 radical (unpaired) electrons. The summed E-state index contributed by atoms with van der Waals surface area (Å²) < 4.78 is 44.7. The Balaban J connectivity index is 3.21. The Morgan fingerprint density at radius 1 is 1.24 bits per heavy atom. The van der Waals surface area contributed by atoms with Crippen LogP contribution in [0.4, 0.5) is 30.4 Å². The molecule has 0 amide bonds. The zero-order valence-electron chi connectivity index (χ0n) is 14.7. The van der Waals surface area contributed by atoms with E-state index in [1.807, 2.05) is 0 Å². The number of halogens is 3. The van der Waals surface area contributed by atoms with E-state index in [1.54, 1.807) is 26.8 Å². The molecule has 0 saturated carbocycles. The van der Waals surface area contributed by atoms with Gasteiger partial charge in [0.25, 0.3) is 0 Å². The van der Waals surface area contributed by atoms with Crippen molar-refractivity contribution in [1.29, 1.82) is 0 Å². The van der Waals surface area contributed by atoms with Crippen LogP contribution < -0.4 is 16.8 Å². The first-order valence-electron chi connectivity index (χ1n) is 7.61. The van der Waals surface area contributed by atoms with Crippen molar-refractivity contribution in [2.75, 3.05) is 23.4 Å². The van der Waals surface area contributed by atoms with Gasteiger partial charge in [0.2, 0.25) is 0 Å². The predicted molar refractivity (Wildman–Crippen MR) is 94.6 cm³/mol. The first kappa shape index (κ1) is 20.4.